The van der Waals surface area contributed by atoms with Crippen molar-refractivity contribution in [3.8, 4) is 0 Å². The lowest BCUT2D eigenvalue weighted by atomic mass is 9.89. The highest BCUT2D eigenvalue weighted by Crippen LogP contribution is 2.25. The first-order valence-corrected chi connectivity index (χ1v) is 5.51. The minimum Gasteiger partial charge on any atom is -0.388 e. The Hall–Kier alpha value is -1.27. The van der Waals surface area contributed by atoms with E-state index in [0.717, 1.165) is 18.7 Å². The Morgan fingerprint density at radius 2 is 2.25 bits per heavy atom. The first kappa shape index (κ1) is 11.2. The van der Waals surface area contributed by atoms with Gasteiger partial charge in [0, 0.05) is 13.2 Å². The van der Waals surface area contributed by atoms with Crippen molar-refractivity contribution in [2.45, 2.75) is 25.0 Å². The molecule has 1 heterocycles. The molecule has 1 aromatic heterocycles. The first-order chi connectivity index (χ1) is 7.69. The van der Waals surface area contributed by atoms with Crippen LogP contribution in [0.3, 0.4) is 0 Å². The van der Waals surface area contributed by atoms with Gasteiger partial charge in [0.1, 0.15) is 16.5 Å². The summed E-state index contributed by atoms with van der Waals surface area (Å²) in [5, 5.41) is 3.27. The van der Waals surface area contributed by atoms with Gasteiger partial charge in [-0.25, -0.2) is 9.97 Å². The predicted molar refractivity (Wildman–Crippen MR) is 65.4 cm³/mol. The van der Waals surface area contributed by atoms with Crippen molar-refractivity contribution in [2.24, 2.45) is 5.73 Å². The molecule has 0 radical (unpaired) electrons. The molecule has 1 aliphatic rings. The Bertz CT molecular complexity index is 375. The smallest absolute Gasteiger partial charge is 0.144 e. The van der Waals surface area contributed by atoms with Crippen LogP contribution < -0.4 is 11.1 Å². The van der Waals surface area contributed by atoms with Crippen molar-refractivity contribution in [1.82, 2.24) is 9.97 Å². The van der Waals surface area contributed by atoms with E-state index in [1.165, 1.54) is 0 Å². The normalized spacial score (nSPS) is 23.6. The summed E-state index contributed by atoms with van der Waals surface area (Å²) in [6, 6.07) is 0.426. The second-order valence-electron chi connectivity index (χ2n) is 3.82. The molecule has 0 amide bonds. The van der Waals surface area contributed by atoms with Crippen LogP contribution >= 0.6 is 12.2 Å². The van der Waals surface area contributed by atoms with E-state index in [9.17, 15) is 0 Å². The number of thiocarbonyl (C=S) groups is 1. The molecule has 16 heavy (non-hydrogen) atoms. The molecule has 1 aromatic rings. The van der Waals surface area contributed by atoms with Gasteiger partial charge in [-0.15, -0.1) is 0 Å². The number of nitrogens with two attached hydrogens (primary N) is 1. The summed E-state index contributed by atoms with van der Waals surface area (Å²) in [6.07, 6.45) is 5.62. The zero-order valence-electron chi connectivity index (χ0n) is 9.01. The van der Waals surface area contributed by atoms with E-state index in [4.69, 9.17) is 22.7 Å². The topological polar surface area (TPSA) is 73.1 Å². The number of hydrogen-bond acceptors (Lipinski definition) is 5. The SMILES string of the molecule is COC1CC(Nc2cnc(C(N)=S)cn2)C1. The number of nitrogens with one attached hydrogen (secondary N) is 1. The summed E-state index contributed by atoms with van der Waals surface area (Å²) in [7, 11) is 1.73. The van der Waals surface area contributed by atoms with Crippen LogP contribution in [0.2, 0.25) is 0 Å². The van der Waals surface area contributed by atoms with Crippen molar-refractivity contribution in [2.75, 3.05) is 12.4 Å². The second-order valence-corrected chi connectivity index (χ2v) is 4.26. The summed E-state index contributed by atoms with van der Waals surface area (Å²) in [6.45, 7) is 0. The van der Waals surface area contributed by atoms with Crippen molar-refractivity contribution in [3.05, 3.63) is 18.1 Å². The van der Waals surface area contributed by atoms with Gasteiger partial charge in [0.25, 0.3) is 0 Å². The van der Waals surface area contributed by atoms with Crippen LogP contribution in [0.25, 0.3) is 0 Å². The van der Waals surface area contributed by atoms with Crippen molar-refractivity contribution in [1.29, 1.82) is 0 Å². The van der Waals surface area contributed by atoms with Crippen LogP contribution in [0.15, 0.2) is 12.4 Å². The molecule has 0 unspecified atom stereocenters. The van der Waals surface area contributed by atoms with E-state index in [2.05, 4.69) is 15.3 Å². The number of methoxy groups -OCH3 is 1. The van der Waals surface area contributed by atoms with E-state index in [0.29, 0.717) is 17.8 Å². The van der Waals surface area contributed by atoms with Crippen molar-refractivity contribution < 1.29 is 4.74 Å². The largest absolute Gasteiger partial charge is 0.388 e. The van der Waals surface area contributed by atoms with E-state index in [-0.39, 0.29) is 4.99 Å². The van der Waals surface area contributed by atoms with E-state index >= 15 is 0 Å². The molecule has 1 aliphatic carbocycles. The van der Waals surface area contributed by atoms with Crippen LogP contribution in [0.4, 0.5) is 5.82 Å². The van der Waals surface area contributed by atoms with Gasteiger partial charge in [0.2, 0.25) is 0 Å². The van der Waals surface area contributed by atoms with Crippen molar-refractivity contribution in [3.63, 3.8) is 0 Å². The zero-order valence-corrected chi connectivity index (χ0v) is 9.83. The van der Waals surface area contributed by atoms with E-state index in [1.807, 2.05) is 0 Å². The minimum atomic E-state index is 0.266. The number of rotatable bonds is 4. The maximum atomic E-state index is 5.43. The van der Waals surface area contributed by atoms with Gasteiger partial charge in [-0.1, -0.05) is 12.2 Å². The highest BCUT2D eigenvalue weighted by atomic mass is 32.1. The van der Waals surface area contributed by atoms with Crippen LogP contribution in [0.1, 0.15) is 18.5 Å². The molecule has 86 valence electrons. The molecule has 0 bridgehead atoms. The third-order valence-electron chi connectivity index (χ3n) is 2.68. The van der Waals surface area contributed by atoms with Crippen LogP contribution in [-0.4, -0.2) is 34.2 Å². The molecule has 0 atom stereocenters. The Labute approximate surface area is 99.4 Å². The fourth-order valence-corrected chi connectivity index (χ4v) is 1.72. The fourth-order valence-electron chi connectivity index (χ4n) is 1.61. The highest BCUT2D eigenvalue weighted by molar-refractivity contribution is 7.80. The molecule has 5 nitrogen and oxygen atoms in total. The molecule has 3 N–H and O–H groups in total. The fraction of sp³-hybridized carbons (Fsp3) is 0.500. The van der Waals surface area contributed by atoms with Gasteiger partial charge < -0.3 is 15.8 Å². The lowest BCUT2D eigenvalue weighted by Gasteiger charge is -2.34. The van der Waals surface area contributed by atoms with E-state index in [1.54, 1.807) is 19.5 Å². The third-order valence-corrected chi connectivity index (χ3v) is 2.89. The summed E-state index contributed by atoms with van der Waals surface area (Å²) in [4.78, 5) is 8.56. The maximum absolute atomic E-state index is 5.43. The Kier molecular flexibility index (Phi) is 3.31. The van der Waals surface area contributed by atoms with Gasteiger partial charge in [-0.3, -0.25) is 0 Å². The average molecular weight is 238 g/mol. The highest BCUT2D eigenvalue weighted by Gasteiger charge is 2.28. The lowest BCUT2D eigenvalue weighted by Crippen LogP contribution is -2.40. The summed E-state index contributed by atoms with van der Waals surface area (Å²) < 4.78 is 5.19. The number of nitrogens with zero attached hydrogens (tertiary/aromatic N) is 2. The summed E-state index contributed by atoms with van der Waals surface area (Å²) in [5.41, 5.74) is 5.98. The molecule has 0 saturated heterocycles. The van der Waals surface area contributed by atoms with Crippen LogP contribution in [-0.2, 0) is 4.74 Å². The molecular formula is C10H14N4OS. The van der Waals surface area contributed by atoms with Gasteiger partial charge in [-0.2, -0.15) is 0 Å². The molecule has 0 aromatic carbocycles. The van der Waals surface area contributed by atoms with Gasteiger partial charge in [-0.05, 0) is 12.8 Å². The Balaban J connectivity index is 1.89. The van der Waals surface area contributed by atoms with Gasteiger partial charge in [0.15, 0.2) is 0 Å². The number of anilines is 1. The number of hydrogen-bond donors (Lipinski definition) is 2. The quantitative estimate of drug-likeness (QED) is 0.752. The first-order valence-electron chi connectivity index (χ1n) is 5.10. The molecule has 1 fully saturated rings. The van der Waals surface area contributed by atoms with Gasteiger partial charge >= 0.3 is 0 Å². The molecule has 2 rings (SSSR count). The second kappa shape index (κ2) is 4.71. The van der Waals surface area contributed by atoms with Gasteiger partial charge in [0.05, 0.1) is 18.5 Å². The summed E-state index contributed by atoms with van der Waals surface area (Å²) in [5.74, 6) is 0.750. The Morgan fingerprint density at radius 3 is 2.75 bits per heavy atom. The maximum Gasteiger partial charge on any atom is 0.144 e. The van der Waals surface area contributed by atoms with Crippen LogP contribution in [0.5, 0.6) is 0 Å². The predicted octanol–water partition coefficient (Wildman–Crippen LogP) is 0.700. The standard InChI is InChI=1S/C10H14N4OS/c1-15-7-2-6(3-7)14-9-5-12-8(4-13-9)10(11)16/h4-7H,2-3H2,1H3,(H2,11,16)(H,13,14). The molecule has 0 aliphatic heterocycles. The van der Waals surface area contributed by atoms with Crippen molar-refractivity contribution >= 4 is 23.0 Å². The summed E-state index contributed by atoms with van der Waals surface area (Å²) >= 11 is 4.80. The monoisotopic (exact) mass is 238 g/mol. The lowest BCUT2D eigenvalue weighted by molar-refractivity contribution is 0.0328. The molecule has 6 heteroatoms. The third kappa shape index (κ3) is 2.45. The number of aromatic nitrogens is 2. The average Bonchev–Trinajstić information content (AvgIpc) is 2.23. The molecule has 0 spiro atoms. The number of ether oxygens (including phenoxy) is 1. The molecule has 1 saturated carbocycles. The van der Waals surface area contributed by atoms with Crippen LogP contribution in [0, 0.1) is 0 Å². The molecular weight excluding hydrogens is 224 g/mol. The zero-order chi connectivity index (χ0) is 11.5. The minimum absolute atomic E-state index is 0.266. The Morgan fingerprint density at radius 1 is 1.50 bits per heavy atom. The van der Waals surface area contributed by atoms with E-state index < -0.39 is 0 Å².